The number of carbonyl (C=O) groups is 1. The van der Waals surface area contributed by atoms with Crippen molar-refractivity contribution in [3.05, 3.63) is 64.7 Å². The van der Waals surface area contributed by atoms with Crippen LogP contribution in [-0.2, 0) is 0 Å². The van der Waals surface area contributed by atoms with Crippen molar-refractivity contribution in [3.8, 4) is 0 Å². The number of nitrogens with zero attached hydrogens (tertiary/aromatic N) is 2. The summed E-state index contributed by atoms with van der Waals surface area (Å²) >= 11 is 5.83. The predicted octanol–water partition coefficient (Wildman–Crippen LogP) is 3.46. The van der Waals surface area contributed by atoms with E-state index in [0.29, 0.717) is 42.2 Å². The Labute approximate surface area is 144 Å². The first kappa shape index (κ1) is 16.9. The van der Waals surface area contributed by atoms with Gasteiger partial charge in [-0.25, -0.2) is 9.37 Å². The third-order valence-corrected chi connectivity index (χ3v) is 4.67. The molecule has 1 atom stereocenters. The number of aromatic nitrogens is 1. The van der Waals surface area contributed by atoms with E-state index in [1.165, 1.54) is 18.3 Å². The number of carbonyl (C=O) groups excluding carboxylic acids is 1. The van der Waals surface area contributed by atoms with Crippen LogP contribution < -0.4 is 0 Å². The molecular formula is C18H18ClFN2O2. The molecule has 1 saturated heterocycles. The zero-order valence-corrected chi connectivity index (χ0v) is 13.8. The number of piperidine rings is 1. The fourth-order valence-electron chi connectivity index (χ4n) is 3.07. The van der Waals surface area contributed by atoms with Crippen molar-refractivity contribution in [3.63, 3.8) is 0 Å². The maximum atomic E-state index is 13.0. The average molecular weight is 349 g/mol. The Bertz CT molecular complexity index is 715. The molecule has 0 aliphatic carbocycles. The molecule has 2 heterocycles. The van der Waals surface area contributed by atoms with Crippen LogP contribution in [0.15, 0.2) is 42.6 Å². The molecule has 24 heavy (non-hydrogen) atoms. The van der Waals surface area contributed by atoms with Crippen LogP contribution in [0.25, 0.3) is 0 Å². The molecule has 1 aliphatic heterocycles. The van der Waals surface area contributed by atoms with E-state index in [9.17, 15) is 14.3 Å². The van der Waals surface area contributed by atoms with Gasteiger partial charge in [0, 0.05) is 24.8 Å². The summed E-state index contributed by atoms with van der Waals surface area (Å²) in [6, 6.07) is 9.12. The van der Waals surface area contributed by atoms with Crippen molar-refractivity contribution < 1.29 is 14.3 Å². The van der Waals surface area contributed by atoms with Gasteiger partial charge in [-0.15, -0.1) is 0 Å². The van der Waals surface area contributed by atoms with Crippen LogP contribution in [0.4, 0.5) is 4.39 Å². The first-order valence-electron chi connectivity index (χ1n) is 7.89. The van der Waals surface area contributed by atoms with Gasteiger partial charge in [0.1, 0.15) is 11.0 Å². The molecule has 1 N–H and O–H groups in total. The van der Waals surface area contributed by atoms with Gasteiger partial charge in [-0.05, 0) is 48.6 Å². The minimum absolute atomic E-state index is 0.0561. The first-order valence-corrected chi connectivity index (χ1v) is 8.27. The Hall–Kier alpha value is -1.98. The van der Waals surface area contributed by atoms with Crippen molar-refractivity contribution in [2.24, 2.45) is 5.92 Å². The number of hydrogen-bond donors (Lipinski definition) is 1. The number of benzene rings is 1. The number of likely N-dealkylation sites (tertiary alicyclic amines) is 1. The van der Waals surface area contributed by atoms with Crippen LogP contribution in [0.5, 0.6) is 0 Å². The number of aliphatic hydroxyl groups is 1. The van der Waals surface area contributed by atoms with Gasteiger partial charge in [-0.2, -0.15) is 0 Å². The van der Waals surface area contributed by atoms with E-state index >= 15 is 0 Å². The summed E-state index contributed by atoms with van der Waals surface area (Å²) in [5.41, 5.74) is 1.23. The molecule has 1 fully saturated rings. The smallest absolute Gasteiger partial charge is 0.254 e. The normalized spacial score (nSPS) is 16.9. The molecule has 1 aromatic heterocycles. The largest absolute Gasteiger partial charge is 0.388 e. The number of aliphatic hydroxyl groups excluding tert-OH is 1. The van der Waals surface area contributed by atoms with E-state index in [-0.39, 0.29) is 17.6 Å². The lowest BCUT2D eigenvalue weighted by atomic mass is 9.87. The molecule has 0 radical (unpaired) electrons. The highest BCUT2D eigenvalue weighted by Gasteiger charge is 2.28. The van der Waals surface area contributed by atoms with Crippen LogP contribution >= 0.6 is 11.6 Å². The topological polar surface area (TPSA) is 53.4 Å². The minimum Gasteiger partial charge on any atom is -0.388 e. The molecular weight excluding hydrogens is 331 g/mol. The van der Waals surface area contributed by atoms with Crippen molar-refractivity contribution in [2.75, 3.05) is 13.1 Å². The molecule has 0 bridgehead atoms. The molecule has 1 aromatic carbocycles. The van der Waals surface area contributed by atoms with Gasteiger partial charge in [-0.1, -0.05) is 23.7 Å². The first-order chi connectivity index (χ1) is 11.5. The summed E-state index contributed by atoms with van der Waals surface area (Å²) < 4.78 is 13.0. The van der Waals surface area contributed by atoms with Crippen molar-refractivity contribution in [1.29, 1.82) is 0 Å². The van der Waals surface area contributed by atoms with E-state index in [0.717, 1.165) is 0 Å². The lowest BCUT2D eigenvalue weighted by Crippen LogP contribution is -2.39. The number of hydrogen-bond acceptors (Lipinski definition) is 3. The molecule has 2 aromatic rings. The lowest BCUT2D eigenvalue weighted by molar-refractivity contribution is 0.0462. The number of pyridine rings is 1. The fraction of sp³-hybridized carbons (Fsp3) is 0.333. The minimum atomic E-state index is -0.641. The van der Waals surface area contributed by atoms with Gasteiger partial charge in [0.2, 0.25) is 0 Å². The molecule has 0 spiro atoms. The second kappa shape index (κ2) is 7.28. The van der Waals surface area contributed by atoms with Crippen LogP contribution in [0.2, 0.25) is 5.15 Å². The van der Waals surface area contributed by atoms with Crippen LogP contribution in [0.1, 0.15) is 34.9 Å². The SMILES string of the molecule is O=C(c1ccnc(Cl)c1)N1CCC([C@H](O)c2ccc(F)cc2)CC1. The molecule has 1 aliphatic rings. The Balaban J connectivity index is 1.61. The van der Waals surface area contributed by atoms with Gasteiger partial charge in [0.05, 0.1) is 6.10 Å². The Morgan fingerprint density at radius 1 is 1.25 bits per heavy atom. The predicted molar refractivity (Wildman–Crippen MR) is 89.2 cm³/mol. The monoisotopic (exact) mass is 348 g/mol. The quantitative estimate of drug-likeness (QED) is 0.864. The second-order valence-electron chi connectivity index (χ2n) is 5.99. The van der Waals surface area contributed by atoms with Crippen LogP contribution in [0, 0.1) is 11.7 Å². The average Bonchev–Trinajstić information content (AvgIpc) is 2.61. The van der Waals surface area contributed by atoms with E-state index in [2.05, 4.69) is 4.98 Å². The summed E-state index contributed by atoms with van der Waals surface area (Å²) in [5, 5.41) is 10.8. The molecule has 0 saturated carbocycles. The van der Waals surface area contributed by atoms with Crippen LogP contribution in [-0.4, -0.2) is 34.0 Å². The maximum Gasteiger partial charge on any atom is 0.254 e. The Kier molecular flexibility index (Phi) is 5.11. The molecule has 3 rings (SSSR count). The van der Waals surface area contributed by atoms with Gasteiger partial charge in [0.25, 0.3) is 5.91 Å². The van der Waals surface area contributed by atoms with Gasteiger partial charge in [0.15, 0.2) is 0 Å². The molecule has 0 unspecified atom stereocenters. The zero-order chi connectivity index (χ0) is 17.1. The number of amides is 1. The van der Waals surface area contributed by atoms with Crippen molar-refractivity contribution in [1.82, 2.24) is 9.88 Å². The lowest BCUT2D eigenvalue weighted by Gasteiger charge is -2.34. The van der Waals surface area contributed by atoms with Gasteiger partial charge in [-0.3, -0.25) is 4.79 Å². The van der Waals surface area contributed by atoms with E-state index in [1.807, 2.05) is 0 Å². The summed E-state index contributed by atoms with van der Waals surface area (Å²) in [6.07, 6.45) is 2.27. The summed E-state index contributed by atoms with van der Waals surface area (Å²) in [6.45, 7) is 1.14. The zero-order valence-electron chi connectivity index (χ0n) is 13.0. The third-order valence-electron chi connectivity index (χ3n) is 4.46. The van der Waals surface area contributed by atoms with E-state index in [4.69, 9.17) is 11.6 Å². The summed E-state index contributed by atoms with van der Waals surface area (Å²) in [5.74, 6) is -0.336. The van der Waals surface area contributed by atoms with E-state index in [1.54, 1.807) is 29.2 Å². The van der Waals surface area contributed by atoms with Gasteiger partial charge >= 0.3 is 0 Å². The number of rotatable bonds is 3. The fourth-order valence-corrected chi connectivity index (χ4v) is 3.24. The van der Waals surface area contributed by atoms with Crippen molar-refractivity contribution >= 4 is 17.5 Å². The summed E-state index contributed by atoms with van der Waals surface area (Å²) in [7, 11) is 0. The van der Waals surface area contributed by atoms with Crippen molar-refractivity contribution in [2.45, 2.75) is 18.9 Å². The highest BCUT2D eigenvalue weighted by molar-refractivity contribution is 6.29. The molecule has 126 valence electrons. The van der Waals surface area contributed by atoms with Crippen LogP contribution in [0.3, 0.4) is 0 Å². The maximum absolute atomic E-state index is 13.0. The molecule has 1 amide bonds. The standard InChI is InChI=1S/C18H18ClFN2O2/c19-16-11-14(5-8-21-16)18(24)22-9-6-13(7-10-22)17(23)12-1-3-15(20)4-2-12/h1-5,8,11,13,17,23H,6-7,9-10H2/t17-/m1/s1. The second-order valence-corrected chi connectivity index (χ2v) is 6.38. The van der Waals surface area contributed by atoms with Gasteiger partial charge < -0.3 is 10.0 Å². The third kappa shape index (κ3) is 3.74. The highest BCUT2D eigenvalue weighted by atomic mass is 35.5. The Morgan fingerprint density at radius 2 is 1.92 bits per heavy atom. The summed E-state index contributed by atoms with van der Waals surface area (Å²) in [4.78, 5) is 18.1. The Morgan fingerprint density at radius 3 is 2.54 bits per heavy atom. The highest BCUT2D eigenvalue weighted by Crippen LogP contribution is 2.31. The molecule has 4 nitrogen and oxygen atoms in total. The number of halogens is 2. The molecule has 6 heteroatoms. The van der Waals surface area contributed by atoms with E-state index < -0.39 is 6.10 Å².